The van der Waals surface area contributed by atoms with E-state index < -0.39 is 5.91 Å². The van der Waals surface area contributed by atoms with Crippen molar-refractivity contribution in [1.29, 1.82) is 0 Å². The second kappa shape index (κ2) is 11.6. The molecule has 2 aromatic carbocycles. The summed E-state index contributed by atoms with van der Waals surface area (Å²) in [7, 11) is 6.27. The van der Waals surface area contributed by atoms with Gasteiger partial charge in [-0.2, -0.15) is 0 Å². The van der Waals surface area contributed by atoms with E-state index in [2.05, 4.69) is 0 Å². The molecule has 30 heavy (non-hydrogen) atoms. The van der Waals surface area contributed by atoms with Crippen molar-refractivity contribution in [1.82, 2.24) is 5.48 Å². The fraction of sp³-hybridized carbons (Fsp3) is 0.318. The summed E-state index contributed by atoms with van der Waals surface area (Å²) in [6.07, 6.45) is 4.47. The molecule has 8 nitrogen and oxygen atoms in total. The number of methoxy groups -OCH3 is 4. The van der Waals surface area contributed by atoms with Gasteiger partial charge < -0.3 is 23.7 Å². The molecule has 0 heterocycles. The number of benzene rings is 2. The van der Waals surface area contributed by atoms with Gasteiger partial charge in [-0.05, 0) is 41.8 Å². The number of nitrogens with one attached hydrogen (secondary N) is 1. The molecule has 1 amide bonds. The van der Waals surface area contributed by atoms with Crippen LogP contribution in [0.4, 0.5) is 0 Å². The van der Waals surface area contributed by atoms with Gasteiger partial charge in [0.25, 0.3) is 0 Å². The molecular formula is C22H27NO7. The first kappa shape index (κ1) is 22.9. The van der Waals surface area contributed by atoms with Crippen LogP contribution >= 0.6 is 0 Å². The molecule has 2 rings (SSSR count). The molecule has 0 aromatic heterocycles. The molecule has 0 atom stereocenters. The number of carbonyl (C=O) groups is 1. The molecule has 0 unspecified atom stereocenters. The van der Waals surface area contributed by atoms with Crippen molar-refractivity contribution < 1.29 is 33.7 Å². The molecule has 8 heteroatoms. The normalized spacial score (nSPS) is 10.6. The smallest absolute Gasteiger partial charge is 0.243 e. The highest BCUT2D eigenvalue weighted by molar-refractivity contribution is 5.74. The van der Waals surface area contributed by atoms with Crippen molar-refractivity contribution in [3.63, 3.8) is 0 Å². The third-order valence-corrected chi connectivity index (χ3v) is 4.27. The lowest BCUT2D eigenvalue weighted by atomic mass is 10.1. The van der Waals surface area contributed by atoms with Crippen LogP contribution in [0.25, 0.3) is 12.2 Å². The van der Waals surface area contributed by atoms with Crippen LogP contribution in [0.1, 0.15) is 24.0 Å². The lowest BCUT2D eigenvalue weighted by molar-refractivity contribution is -0.129. The molecule has 0 aliphatic carbocycles. The van der Waals surface area contributed by atoms with Crippen LogP contribution < -0.4 is 29.2 Å². The Morgan fingerprint density at radius 1 is 0.867 bits per heavy atom. The number of hydrogen-bond donors (Lipinski definition) is 2. The van der Waals surface area contributed by atoms with Crippen molar-refractivity contribution in [3.05, 3.63) is 41.5 Å². The number of hydroxylamine groups is 1. The molecule has 0 saturated heterocycles. The maximum atomic E-state index is 11.1. The second-order valence-electron chi connectivity index (χ2n) is 6.19. The van der Waals surface area contributed by atoms with Crippen LogP contribution in [0, 0.1) is 0 Å². The Bertz CT molecular complexity index is 855. The Hall–Kier alpha value is -3.39. The van der Waals surface area contributed by atoms with Crippen LogP contribution in [0.3, 0.4) is 0 Å². The van der Waals surface area contributed by atoms with Gasteiger partial charge in [-0.3, -0.25) is 10.0 Å². The molecule has 0 fully saturated rings. The van der Waals surface area contributed by atoms with E-state index in [1.54, 1.807) is 33.9 Å². The molecule has 0 aliphatic rings. The molecule has 0 aliphatic heterocycles. The number of hydrogen-bond acceptors (Lipinski definition) is 7. The zero-order chi connectivity index (χ0) is 21.9. The minimum absolute atomic E-state index is 0.166. The van der Waals surface area contributed by atoms with E-state index in [-0.39, 0.29) is 6.42 Å². The highest BCUT2D eigenvalue weighted by Gasteiger charge is 2.12. The van der Waals surface area contributed by atoms with E-state index >= 15 is 0 Å². The van der Waals surface area contributed by atoms with E-state index in [0.717, 1.165) is 11.1 Å². The summed E-state index contributed by atoms with van der Waals surface area (Å²) in [5, 5.41) is 8.53. The standard InChI is InChI=1S/C22H27NO7/c1-26-17-10-9-15(12-18(17)30-11-5-6-21(24)23-25)7-8-16-13-19(27-2)22(29-4)20(14-16)28-3/h7-10,12-14,25H,5-6,11H2,1-4H3,(H,23,24)/b8-7-. The monoisotopic (exact) mass is 417 g/mol. The highest BCUT2D eigenvalue weighted by Crippen LogP contribution is 2.38. The summed E-state index contributed by atoms with van der Waals surface area (Å²) in [6, 6.07) is 9.26. The van der Waals surface area contributed by atoms with Gasteiger partial charge in [-0.15, -0.1) is 0 Å². The number of rotatable bonds is 11. The lowest BCUT2D eigenvalue weighted by Gasteiger charge is -2.13. The minimum atomic E-state index is -0.451. The second-order valence-corrected chi connectivity index (χ2v) is 6.19. The zero-order valence-electron chi connectivity index (χ0n) is 17.6. The van der Waals surface area contributed by atoms with Gasteiger partial charge in [0.2, 0.25) is 11.7 Å². The van der Waals surface area contributed by atoms with Crippen LogP contribution in [0.5, 0.6) is 28.7 Å². The Balaban J connectivity index is 2.18. The van der Waals surface area contributed by atoms with Gasteiger partial charge in [0.05, 0.1) is 35.0 Å². The maximum Gasteiger partial charge on any atom is 0.243 e. The Morgan fingerprint density at radius 2 is 1.47 bits per heavy atom. The van der Waals surface area contributed by atoms with Crippen LogP contribution in [-0.4, -0.2) is 46.2 Å². The lowest BCUT2D eigenvalue weighted by Crippen LogP contribution is -2.18. The highest BCUT2D eigenvalue weighted by atomic mass is 16.5. The quantitative estimate of drug-likeness (QED) is 0.250. The molecule has 162 valence electrons. The van der Waals surface area contributed by atoms with Crippen molar-refractivity contribution in [2.45, 2.75) is 12.8 Å². The van der Waals surface area contributed by atoms with Crippen LogP contribution in [0.2, 0.25) is 0 Å². The van der Waals surface area contributed by atoms with Gasteiger partial charge in [0.15, 0.2) is 23.0 Å². The van der Waals surface area contributed by atoms with Crippen molar-refractivity contribution in [2.75, 3.05) is 35.0 Å². The van der Waals surface area contributed by atoms with Gasteiger partial charge >= 0.3 is 0 Å². The Labute approximate surface area is 175 Å². The van der Waals surface area contributed by atoms with E-state index in [0.29, 0.717) is 41.8 Å². The third-order valence-electron chi connectivity index (χ3n) is 4.27. The van der Waals surface area contributed by atoms with E-state index in [9.17, 15) is 4.79 Å². The average molecular weight is 417 g/mol. The fourth-order valence-electron chi connectivity index (χ4n) is 2.77. The van der Waals surface area contributed by atoms with Gasteiger partial charge in [-0.25, -0.2) is 5.48 Å². The summed E-state index contributed by atoms with van der Waals surface area (Å²) >= 11 is 0. The van der Waals surface area contributed by atoms with Crippen molar-refractivity contribution in [3.8, 4) is 28.7 Å². The largest absolute Gasteiger partial charge is 0.493 e. The molecule has 2 aromatic rings. The zero-order valence-corrected chi connectivity index (χ0v) is 17.6. The summed E-state index contributed by atoms with van der Waals surface area (Å²) < 4.78 is 27.2. The predicted molar refractivity (Wildman–Crippen MR) is 113 cm³/mol. The molecular weight excluding hydrogens is 390 g/mol. The third kappa shape index (κ3) is 6.05. The number of ether oxygens (including phenoxy) is 5. The summed E-state index contributed by atoms with van der Waals surface area (Å²) in [5.41, 5.74) is 3.37. The van der Waals surface area contributed by atoms with E-state index in [1.807, 2.05) is 42.5 Å². The molecule has 0 radical (unpaired) electrons. The molecule has 0 spiro atoms. The van der Waals surface area contributed by atoms with Crippen molar-refractivity contribution in [2.24, 2.45) is 0 Å². The molecule has 2 N–H and O–H groups in total. The minimum Gasteiger partial charge on any atom is -0.493 e. The number of amides is 1. The Kier molecular flexibility index (Phi) is 8.83. The fourth-order valence-corrected chi connectivity index (χ4v) is 2.77. The number of carbonyl (C=O) groups excluding carboxylic acids is 1. The average Bonchev–Trinajstić information content (AvgIpc) is 2.79. The van der Waals surface area contributed by atoms with Gasteiger partial charge in [0.1, 0.15) is 0 Å². The first-order chi connectivity index (χ1) is 14.6. The van der Waals surface area contributed by atoms with Gasteiger partial charge in [-0.1, -0.05) is 18.2 Å². The molecule has 0 bridgehead atoms. The summed E-state index contributed by atoms with van der Waals surface area (Å²) in [6.45, 7) is 0.309. The first-order valence-electron chi connectivity index (χ1n) is 9.28. The summed E-state index contributed by atoms with van der Waals surface area (Å²) in [5.74, 6) is 2.38. The van der Waals surface area contributed by atoms with Gasteiger partial charge in [0, 0.05) is 6.42 Å². The predicted octanol–water partition coefficient (Wildman–Crippen LogP) is 3.56. The van der Waals surface area contributed by atoms with E-state index in [4.69, 9.17) is 28.9 Å². The maximum absolute atomic E-state index is 11.1. The SMILES string of the molecule is COc1ccc(/C=C\c2cc(OC)c(OC)c(OC)c2)cc1OCCCC(=O)NO. The van der Waals surface area contributed by atoms with Crippen LogP contribution in [0.15, 0.2) is 30.3 Å². The Morgan fingerprint density at radius 3 is 2.03 bits per heavy atom. The molecule has 0 saturated carbocycles. The van der Waals surface area contributed by atoms with E-state index in [1.165, 1.54) is 0 Å². The topological polar surface area (TPSA) is 95.5 Å². The van der Waals surface area contributed by atoms with Crippen molar-refractivity contribution >= 4 is 18.1 Å². The first-order valence-corrected chi connectivity index (χ1v) is 9.28. The van der Waals surface area contributed by atoms with Crippen LogP contribution in [-0.2, 0) is 4.79 Å². The summed E-state index contributed by atoms with van der Waals surface area (Å²) in [4.78, 5) is 11.1.